The first-order chi connectivity index (χ1) is 12.7. The molecular formula is C21H21FN2O2. The quantitative estimate of drug-likeness (QED) is 0.779. The highest BCUT2D eigenvalue weighted by Crippen LogP contribution is 2.22. The summed E-state index contributed by atoms with van der Waals surface area (Å²) in [5.74, 6) is -0.00505. The topological polar surface area (TPSA) is 45.3 Å². The van der Waals surface area contributed by atoms with Crippen molar-refractivity contribution < 1.29 is 9.13 Å². The van der Waals surface area contributed by atoms with E-state index in [0.717, 1.165) is 42.4 Å². The highest BCUT2D eigenvalue weighted by Gasteiger charge is 2.22. The van der Waals surface area contributed by atoms with Crippen LogP contribution >= 0.6 is 0 Å². The molecule has 1 aliphatic heterocycles. The van der Waals surface area contributed by atoms with E-state index in [4.69, 9.17) is 4.74 Å². The lowest BCUT2D eigenvalue weighted by molar-refractivity contribution is 0.0933. The molecule has 2 heterocycles. The first-order valence-electron chi connectivity index (χ1n) is 8.93. The third-order valence-corrected chi connectivity index (χ3v) is 4.89. The maximum absolute atomic E-state index is 13.7. The molecule has 1 fully saturated rings. The van der Waals surface area contributed by atoms with Crippen molar-refractivity contribution in [3.05, 3.63) is 76.3 Å². The zero-order valence-electron chi connectivity index (χ0n) is 14.5. The molecule has 1 aromatic heterocycles. The number of rotatable bonds is 4. The Hall–Kier alpha value is -2.66. The zero-order valence-corrected chi connectivity index (χ0v) is 14.5. The van der Waals surface area contributed by atoms with Crippen molar-refractivity contribution in [2.45, 2.75) is 25.5 Å². The summed E-state index contributed by atoms with van der Waals surface area (Å²) in [5.41, 5.74) is 1.60. The standard InChI is InChI=1S/C21H21FN2O2/c22-18-6-2-4-8-20(18)26-17-9-11-24(12-10-17)14-16-13-15-5-1-3-7-19(15)23-21(16)25/h1-8,13,17H,9-12,14H2,(H,23,25). The summed E-state index contributed by atoms with van der Waals surface area (Å²) in [5, 5.41) is 1.04. The molecule has 0 atom stereocenters. The van der Waals surface area contributed by atoms with Gasteiger partial charge in [-0.15, -0.1) is 0 Å². The van der Waals surface area contributed by atoms with Crippen LogP contribution in [0.4, 0.5) is 4.39 Å². The van der Waals surface area contributed by atoms with Gasteiger partial charge in [0.05, 0.1) is 0 Å². The van der Waals surface area contributed by atoms with Crippen molar-refractivity contribution in [1.82, 2.24) is 9.88 Å². The van der Waals surface area contributed by atoms with Crippen molar-refractivity contribution in [1.29, 1.82) is 0 Å². The van der Waals surface area contributed by atoms with E-state index in [1.165, 1.54) is 6.07 Å². The number of nitrogens with one attached hydrogen (secondary N) is 1. The maximum atomic E-state index is 13.7. The number of H-pyrrole nitrogens is 1. The summed E-state index contributed by atoms with van der Waals surface area (Å²) in [4.78, 5) is 17.5. The molecule has 0 amide bonds. The summed E-state index contributed by atoms with van der Waals surface area (Å²) >= 11 is 0. The molecule has 5 heteroatoms. The summed E-state index contributed by atoms with van der Waals surface area (Å²) < 4.78 is 19.5. The molecule has 1 saturated heterocycles. The maximum Gasteiger partial charge on any atom is 0.252 e. The van der Waals surface area contributed by atoms with Crippen LogP contribution in [0.5, 0.6) is 5.75 Å². The molecule has 0 aliphatic carbocycles. The van der Waals surface area contributed by atoms with Crippen LogP contribution in [0.1, 0.15) is 18.4 Å². The first kappa shape index (κ1) is 16.8. The highest BCUT2D eigenvalue weighted by molar-refractivity contribution is 5.78. The molecule has 0 spiro atoms. The van der Waals surface area contributed by atoms with Gasteiger partial charge in [-0.2, -0.15) is 0 Å². The van der Waals surface area contributed by atoms with Gasteiger partial charge in [0.1, 0.15) is 6.10 Å². The van der Waals surface area contributed by atoms with Crippen LogP contribution in [-0.4, -0.2) is 29.1 Å². The minimum absolute atomic E-state index is 0.0121. The third kappa shape index (κ3) is 3.63. The number of halogens is 1. The Morgan fingerprint density at radius 3 is 2.62 bits per heavy atom. The normalized spacial score (nSPS) is 16.0. The van der Waals surface area contributed by atoms with Crippen molar-refractivity contribution in [2.24, 2.45) is 0 Å². The lowest BCUT2D eigenvalue weighted by atomic mass is 10.1. The van der Waals surface area contributed by atoms with E-state index >= 15 is 0 Å². The summed E-state index contributed by atoms with van der Waals surface area (Å²) in [7, 11) is 0. The fraction of sp³-hybridized carbons (Fsp3) is 0.286. The number of fused-ring (bicyclic) bond motifs is 1. The van der Waals surface area contributed by atoms with Crippen LogP contribution < -0.4 is 10.3 Å². The SMILES string of the molecule is O=c1[nH]c2ccccc2cc1CN1CCC(Oc2ccccc2F)CC1. The molecule has 0 bridgehead atoms. The number of hydrogen-bond donors (Lipinski definition) is 1. The fourth-order valence-corrected chi connectivity index (χ4v) is 3.46. The van der Waals surface area contributed by atoms with E-state index in [1.807, 2.05) is 30.3 Å². The van der Waals surface area contributed by atoms with Gasteiger partial charge in [0, 0.05) is 30.7 Å². The van der Waals surface area contributed by atoms with Crippen molar-refractivity contribution in [3.63, 3.8) is 0 Å². The number of nitrogens with zero attached hydrogens (tertiary/aromatic N) is 1. The number of aromatic nitrogens is 1. The number of hydrogen-bond acceptors (Lipinski definition) is 3. The molecule has 0 unspecified atom stereocenters. The van der Waals surface area contributed by atoms with Crippen LogP contribution in [0.15, 0.2) is 59.4 Å². The average molecular weight is 352 g/mol. The molecule has 26 heavy (non-hydrogen) atoms. The van der Waals surface area contributed by atoms with Crippen LogP contribution in [0.25, 0.3) is 10.9 Å². The molecule has 0 radical (unpaired) electrons. The van der Waals surface area contributed by atoms with Gasteiger partial charge in [-0.1, -0.05) is 30.3 Å². The fourth-order valence-electron chi connectivity index (χ4n) is 3.46. The lowest BCUT2D eigenvalue weighted by Crippen LogP contribution is -2.38. The Bertz CT molecular complexity index is 961. The Kier molecular flexibility index (Phi) is 4.71. The number of aromatic amines is 1. The lowest BCUT2D eigenvalue weighted by Gasteiger charge is -2.32. The second-order valence-corrected chi connectivity index (χ2v) is 6.73. The van der Waals surface area contributed by atoms with Crippen LogP contribution in [0.3, 0.4) is 0 Å². The predicted molar refractivity (Wildman–Crippen MR) is 99.9 cm³/mol. The summed E-state index contributed by atoms with van der Waals surface area (Å²) in [6, 6.07) is 16.3. The molecule has 2 aromatic carbocycles. The minimum atomic E-state index is -0.322. The van der Waals surface area contributed by atoms with Crippen LogP contribution in [0.2, 0.25) is 0 Å². The smallest absolute Gasteiger partial charge is 0.252 e. The van der Waals surface area contributed by atoms with Crippen molar-refractivity contribution in [3.8, 4) is 5.75 Å². The van der Waals surface area contributed by atoms with Gasteiger partial charge in [0.15, 0.2) is 11.6 Å². The van der Waals surface area contributed by atoms with Gasteiger partial charge in [-0.25, -0.2) is 4.39 Å². The molecule has 134 valence electrons. The summed E-state index contributed by atoms with van der Waals surface area (Å²) in [6.07, 6.45) is 1.65. The number of pyridine rings is 1. The van der Waals surface area contributed by atoms with E-state index < -0.39 is 0 Å². The van der Waals surface area contributed by atoms with Gasteiger partial charge >= 0.3 is 0 Å². The number of likely N-dealkylation sites (tertiary alicyclic amines) is 1. The van der Waals surface area contributed by atoms with E-state index in [0.29, 0.717) is 12.3 Å². The number of ether oxygens (including phenoxy) is 1. The third-order valence-electron chi connectivity index (χ3n) is 4.89. The number of benzene rings is 2. The molecule has 4 rings (SSSR count). The monoisotopic (exact) mass is 352 g/mol. The molecule has 1 aliphatic rings. The zero-order chi connectivity index (χ0) is 17.9. The van der Waals surface area contributed by atoms with Crippen LogP contribution in [0, 0.1) is 5.82 Å². The Morgan fingerprint density at radius 1 is 1.08 bits per heavy atom. The van der Waals surface area contributed by atoms with Gasteiger partial charge < -0.3 is 9.72 Å². The second kappa shape index (κ2) is 7.30. The second-order valence-electron chi connectivity index (χ2n) is 6.73. The predicted octanol–water partition coefficient (Wildman–Crippen LogP) is 3.71. The minimum Gasteiger partial charge on any atom is -0.487 e. The Labute approximate surface area is 151 Å². The Morgan fingerprint density at radius 2 is 1.81 bits per heavy atom. The molecular weight excluding hydrogens is 331 g/mol. The molecule has 0 saturated carbocycles. The largest absolute Gasteiger partial charge is 0.487 e. The van der Waals surface area contributed by atoms with E-state index in [2.05, 4.69) is 9.88 Å². The Balaban J connectivity index is 1.39. The van der Waals surface area contributed by atoms with Crippen LogP contribution in [-0.2, 0) is 6.54 Å². The van der Waals surface area contributed by atoms with E-state index in [9.17, 15) is 9.18 Å². The van der Waals surface area contributed by atoms with Crippen molar-refractivity contribution >= 4 is 10.9 Å². The average Bonchev–Trinajstić information content (AvgIpc) is 2.66. The van der Waals surface area contributed by atoms with Crippen molar-refractivity contribution in [2.75, 3.05) is 13.1 Å². The first-order valence-corrected chi connectivity index (χ1v) is 8.93. The molecule has 1 N–H and O–H groups in total. The van der Waals surface area contributed by atoms with Gasteiger partial charge in [0.25, 0.3) is 5.56 Å². The van der Waals surface area contributed by atoms with Gasteiger partial charge in [-0.05, 0) is 42.5 Å². The van der Waals surface area contributed by atoms with Gasteiger partial charge in [-0.3, -0.25) is 9.69 Å². The number of piperidine rings is 1. The molecule has 3 aromatic rings. The van der Waals surface area contributed by atoms with E-state index in [1.54, 1.807) is 18.2 Å². The summed E-state index contributed by atoms with van der Waals surface area (Å²) in [6.45, 7) is 2.27. The highest BCUT2D eigenvalue weighted by atomic mass is 19.1. The van der Waals surface area contributed by atoms with E-state index in [-0.39, 0.29) is 17.5 Å². The van der Waals surface area contributed by atoms with Gasteiger partial charge in [0.2, 0.25) is 0 Å². The molecule has 4 nitrogen and oxygen atoms in total. The number of para-hydroxylation sites is 2.